The Bertz CT molecular complexity index is 551. The van der Waals surface area contributed by atoms with Crippen LogP contribution in [0.3, 0.4) is 0 Å². The van der Waals surface area contributed by atoms with Crippen molar-refractivity contribution in [3.05, 3.63) is 34.4 Å². The zero-order valence-corrected chi connectivity index (χ0v) is 12.1. The molecule has 0 atom stereocenters. The Morgan fingerprint density at radius 3 is 2.78 bits per heavy atom. The predicted octanol–water partition coefficient (Wildman–Crippen LogP) is 2.36. The summed E-state index contributed by atoms with van der Waals surface area (Å²) in [6.07, 6.45) is 0.754. The number of halogens is 1. The summed E-state index contributed by atoms with van der Waals surface area (Å²) in [4.78, 5) is 0. The first kappa shape index (κ1) is 13.1. The summed E-state index contributed by atoms with van der Waals surface area (Å²) in [7, 11) is 3.59. The van der Waals surface area contributed by atoms with Crippen molar-refractivity contribution >= 4 is 15.9 Å². The van der Waals surface area contributed by atoms with E-state index in [4.69, 9.17) is 10.5 Å². The summed E-state index contributed by atoms with van der Waals surface area (Å²) < 4.78 is 8.23. The first-order valence-electron chi connectivity index (χ1n) is 5.73. The van der Waals surface area contributed by atoms with E-state index in [1.54, 1.807) is 7.11 Å². The van der Waals surface area contributed by atoms with Gasteiger partial charge in [-0.1, -0.05) is 12.1 Å². The van der Waals surface area contributed by atoms with Crippen LogP contribution >= 0.6 is 15.9 Å². The van der Waals surface area contributed by atoms with Gasteiger partial charge in [0.25, 0.3) is 0 Å². The van der Waals surface area contributed by atoms with E-state index in [0.29, 0.717) is 6.54 Å². The zero-order chi connectivity index (χ0) is 13.1. The summed E-state index contributed by atoms with van der Waals surface area (Å²) in [5, 5.41) is 4.49. The molecule has 0 amide bonds. The number of hydrogen-bond donors (Lipinski definition) is 1. The molecule has 0 aliphatic heterocycles. The van der Waals surface area contributed by atoms with Crippen molar-refractivity contribution in [2.45, 2.75) is 6.42 Å². The highest BCUT2D eigenvalue weighted by molar-refractivity contribution is 9.10. The van der Waals surface area contributed by atoms with Gasteiger partial charge in [-0.3, -0.25) is 4.68 Å². The van der Waals surface area contributed by atoms with Crippen molar-refractivity contribution in [3.8, 4) is 17.0 Å². The van der Waals surface area contributed by atoms with Crippen molar-refractivity contribution < 1.29 is 4.74 Å². The van der Waals surface area contributed by atoms with E-state index in [-0.39, 0.29) is 0 Å². The van der Waals surface area contributed by atoms with Crippen LogP contribution in [0.1, 0.15) is 5.69 Å². The maximum atomic E-state index is 5.59. The number of methoxy groups -OCH3 is 1. The average molecular weight is 310 g/mol. The topological polar surface area (TPSA) is 53.1 Å². The molecule has 1 heterocycles. The van der Waals surface area contributed by atoms with Crippen LogP contribution in [0.4, 0.5) is 0 Å². The van der Waals surface area contributed by atoms with E-state index in [0.717, 1.165) is 33.6 Å². The molecule has 0 spiro atoms. The predicted molar refractivity (Wildman–Crippen MR) is 75.7 cm³/mol. The Hall–Kier alpha value is -1.33. The number of para-hydroxylation sites is 1. The summed E-state index contributed by atoms with van der Waals surface area (Å²) in [5.74, 6) is 0.834. The summed E-state index contributed by atoms with van der Waals surface area (Å²) in [6.45, 7) is 0.584. The molecule has 18 heavy (non-hydrogen) atoms. The maximum absolute atomic E-state index is 5.59. The quantitative estimate of drug-likeness (QED) is 0.943. The largest absolute Gasteiger partial charge is 0.496 e. The van der Waals surface area contributed by atoms with Crippen molar-refractivity contribution in [2.24, 2.45) is 12.8 Å². The molecule has 0 saturated carbocycles. The molecule has 0 aliphatic carbocycles. The maximum Gasteiger partial charge on any atom is 0.128 e. The van der Waals surface area contributed by atoms with Gasteiger partial charge in [-0.2, -0.15) is 5.10 Å². The van der Waals surface area contributed by atoms with Gasteiger partial charge in [0.2, 0.25) is 0 Å². The van der Waals surface area contributed by atoms with Gasteiger partial charge in [0.15, 0.2) is 0 Å². The molecule has 0 saturated heterocycles. The minimum atomic E-state index is 0.584. The Kier molecular flexibility index (Phi) is 4.04. The number of hydrogen-bond acceptors (Lipinski definition) is 3. The lowest BCUT2D eigenvalue weighted by molar-refractivity contribution is 0.416. The Morgan fingerprint density at radius 1 is 1.39 bits per heavy atom. The van der Waals surface area contributed by atoms with Gasteiger partial charge in [0.05, 0.1) is 23.0 Å². The summed E-state index contributed by atoms with van der Waals surface area (Å²) >= 11 is 3.61. The minimum absolute atomic E-state index is 0.584. The number of nitrogens with two attached hydrogens (primary N) is 1. The highest BCUT2D eigenvalue weighted by Gasteiger charge is 2.17. The molecule has 5 heteroatoms. The lowest BCUT2D eigenvalue weighted by Crippen LogP contribution is -2.04. The Balaban J connectivity index is 2.57. The monoisotopic (exact) mass is 309 g/mol. The number of benzene rings is 1. The van der Waals surface area contributed by atoms with Crippen LogP contribution in [0.15, 0.2) is 28.7 Å². The normalized spacial score (nSPS) is 10.7. The molecule has 2 aromatic rings. The Labute approximate surface area is 115 Å². The van der Waals surface area contributed by atoms with Crippen LogP contribution in [0, 0.1) is 0 Å². The molecule has 4 nitrogen and oxygen atoms in total. The zero-order valence-electron chi connectivity index (χ0n) is 10.5. The number of aromatic nitrogens is 2. The van der Waals surface area contributed by atoms with Gasteiger partial charge in [-0.15, -0.1) is 0 Å². The third kappa shape index (κ3) is 2.28. The number of rotatable bonds is 4. The third-order valence-corrected chi connectivity index (χ3v) is 3.63. The second-order valence-electron chi connectivity index (χ2n) is 3.97. The van der Waals surface area contributed by atoms with E-state index in [2.05, 4.69) is 21.0 Å². The number of nitrogens with zero attached hydrogens (tertiary/aromatic N) is 2. The lowest BCUT2D eigenvalue weighted by Gasteiger charge is -2.08. The van der Waals surface area contributed by atoms with Crippen molar-refractivity contribution in [1.29, 1.82) is 0 Å². The average Bonchev–Trinajstić information content (AvgIpc) is 2.65. The van der Waals surface area contributed by atoms with E-state index in [9.17, 15) is 0 Å². The van der Waals surface area contributed by atoms with E-state index >= 15 is 0 Å². The van der Waals surface area contributed by atoms with Crippen LogP contribution in [0.2, 0.25) is 0 Å². The highest BCUT2D eigenvalue weighted by Crippen LogP contribution is 2.36. The summed E-state index contributed by atoms with van der Waals surface area (Å²) in [5.41, 5.74) is 8.59. The van der Waals surface area contributed by atoms with Gasteiger partial charge in [0.1, 0.15) is 5.75 Å². The minimum Gasteiger partial charge on any atom is -0.496 e. The standard InChI is InChI=1S/C13H16BrN3O/c1-17-13(12(14)10(16-17)7-8-15)9-5-3-4-6-11(9)18-2/h3-6H,7-8,15H2,1-2H3. The van der Waals surface area contributed by atoms with Gasteiger partial charge < -0.3 is 10.5 Å². The van der Waals surface area contributed by atoms with Crippen molar-refractivity contribution in [2.75, 3.05) is 13.7 Å². The second kappa shape index (κ2) is 5.54. The lowest BCUT2D eigenvalue weighted by atomic mass is 10.1. The van der Waals surface area contributed by atoms with E-state index < -0.39 is 0 Å². The fourth-order valence-corrected chi connectivity index (χ4v) is 2.73. The molecule has 2 rings (SSSR count). The Morgan fingerprint density at radius 2 is 2.11 bits per heavy atom. The van der Waals surface area contributed by atoms with Crippen LogP contribution in [-0.4, -0.2) is 23.4 Å². The van der Waals surface area contributed by atoms with Crippen LogP contribution in [-0.2, 0) is 13.5 Å². The molecule has 0 bridgehead atoms. The molecule has 1 aromatic heterocycles. The fraction of sp³-hybridized carbons (Fsp3) is 0.308. The molecular weight excluding hydrogens is 294 g/mol. The van der Waals surface area contributed by atoms with Crippen molar-refractivity contribution in [1.82, 2.24) is 9.78 Å². The molecular formula is C13H16BrN3O. The van der Waals surface area contributed by atoms with Gasteiger partial charge in [0, 0.05) is 19.0 Å². The van der Waals surface area contributed by atoms with Gasteiger partial charge >= 0.3 is 0 Å². The molecule has 0 radical (unpaired) electrons. The molecule has 1 aromatic carbocycles. The molecule has 96 valence electrons. The summed E-state index contributed by atoms with van der Waals surface area (Å²) in [6, 6.07) is 7.90. The van der Waals surface area contributed by atoms with Crippen molar-refractivity contribution in [3.63, 3.8) is 0 Å². The highest BCUT2D eigenvalue weighted by atomic mass is 79.9. The third-order valence-electron chi connectivity index (χ3n) is 2.80. The number of aryl methyl sites for hydroxylation is 1. The number of ether oxygens (including phenoxy) is 1. The first-order chi connectivity index (χ1) is 8.69. The van der Waals surface area contributed by atoms with E-state index in [1.165, 1.54) is 0 Å². The fourth-order valence-electron chi connectivity index (χ4n) is 1.98. The van der Waals surface area contributed by atoms with Crippen LogP contribution < -0.4 is 10.5 Å². The molecule has 2 N–H and O–H groups in total. The SMILES string of the molecule is COc1ccccc1-c1c(Br)c(CCN)nn1C. The van der Waals surface area contributed by atoms with Gasteiger partial charge in [-0.25, -0.2) is 0 Å². The van der Waals surface area contributed by atoms with Gasteiger partial charge in [-0.05, 0) is 34.6 Å². The smallest absolute Gasteiger partial charge is 0.128 e. The van der Waals surface area contributed by atoms with E-state index in [1.807, 2.05) is 36.0 Å². The second-order valence-corrected chi connectivity index (χ2v) is 4.76. The molecule has 0 aliphatic rings. The van der Waals surface area contributed by atoms with Crippen LogP contribution in [0.5, 0.6) is 5.75 Å². The van der Waals surface area contributed by atoms with Crippen LogP contribution in [0.25, 0.3) is 11.3 Å². The first-order valence-corrected chi connectivity index (χ1v) is 6.53. The molecule has 0 unspecified atom stereocenters. The molecule has 0 fully saturated rings.